The maximum atomic E-state index is 11.9. The molecule has 0 heterocycles. The molecule has 1 rings (SSSR count). The third-order valence-electron chi connectivity index (χ3n) is 2.79. The molecule has 0 spiro atoms. The van der Waals surface area contributed by atoms with Crippen LogP contribution in [0.15, 0.2) is 18.2 Å². The molecule has 0 radical (unpaired) electrons. The summed E-state index contributed by atoms with van der Waals surface area (Å²) in [4.78, 5) is 13.8. The van der Waals surface area contributed by atoms with Crippen molar-refractivity contribution in [3.8, 4) is 5.75 Å². The summed E-state index contributed by atoms with van der Waals surface area (Å²) in [6.45, 7) is 2.82. The molecule has 4 N–H and O–H groups in total. The number of nitrogens with two attached hydrogens (primary N) is 1. The number of aliphatic hydroxyl groups is 1. The van der Waals surface area contributed by atoms with E-state index in [1.54, 1.807) is 25.1 Å². The van der Waals surface area contributed by atoms with Gasteiger partial charge in [0.2, 0.25) is 5.91 Å². The first-order chi connectivity index (χ1) is 9.42. The first kappa shape index (κ1) is 16.3. The van der Waals surface area contributed by atoms with E-state index in [0.717, 1.165) is 0 Å². The van der Waals surface area contributed by atoms with Crippen LogP contribution in [0.2, 0.25) is 0 Å². The smallest absolute Gasteiger partial charge is 0.225 e. The number of hydrogen-bond acceptors (Lipinski definition) is 5. The molecule has 0 bridgehead atoms. The van der Waals surface area contributed by atoms with Gasteiger partial charge in [-0.15, -0.1) is 0 Å². The van der Waals surface area contributed by atoms with Gasteiger partial charge < -0.3 is 25.8 Å². The van der Waals surface area contributed by atoms with Crippen molar-refractivity contribution in [3.05, 3.63) is 18.2 Å². The predicted molar refractivity (Wildman–Crippen MR) is 79.8 cm³/mol. The Morgan fingerprint density at radius 1 is 1.55 bits per heavy atom. The minimum Gasteiger partial charge on any atom is -0.495 e. The Hall–Kier alpha value is -1.79. The van der Waals surface area contributed by atoms with Crippen LogP contribution in [-0.4, -0.2) is 49.3 Å². The summed E-state index contributed by atoms with van der Waals surface area (Å²) in [5.74, 6) is 0.455. The zero-order valence-electron chi connectivity index (χ0n) is 12.2. The van der Waals surface area contributed by atoms with Crippen LogP contribution in [0.3, 0.4) is 0 Å². The molecule has 1 aromatic carbocycles. The Kier molecular flexibility index (Phi) is 6.27. The summed E-state index contributed by atoms with van der Waals surface area (Å²) in [5, 5.41) is 12.0. The van der Waals surface area contributed by atoms with Gasteiger partial charge in [0.05, 0.1) is 18.9 Å². The number of benzene rings is 1. The largest absolute Gasteiger partial charge is 0.495 e. The number of likely N-dealkylation sites (N-methyl/N-ethyl adjacent to an activating group) is 1. The minimum absolute atomic E-state index is 0.119. The minimum atomic E-state index is -0.405. The summed E-state index contributed by atoms with van der Waals surface area (Å²) in [5.41, 5.74) is 6.82. The van der Waals surface area contributed by atoms with Gasteiger partial charge >= 0.3 is 0 Å². The van der Waals surface area contributed by atoms with E-state index in [1.807, 2.05) is 11.9 Å². The Morgan fingerprint density at radius 2 is 2.25 bits per heavy atom. The molecule has 6 heteroatoms. The SMILES string of the molecule is COc1ccc(N)cc1NC(=O)CCN(C)CC(C)O. The van der Waals surface area contributed by atoms with Gasteiger partial charge in [0, 0.05) is 25.2 Å². The van der Waals surface area contributed by atoms with E-state index in [0.29, 0.717) is 36.6 Å². The zero-order valence-corrected chi connectivity index (χ0v) is 12.2. The van der Waals surface area contributed by atoms with Gasteiger partial charge in [0.15, 0.2) is 0 Å². The average molecular weight is 281 g/mol. The van der Waals surface area contributed by atoms with Gasteiger partial charge in [0.1, 0.15) is 5.75 Å². The van der Waals surface area contributed by atoms with Crippen molar-refractivity contribution in [2.24, 2.45) is 0 Å². The van der Waals surface area contributed by atoms with Crippen molar-refractivity contribution >= 4 is 17.3 Å². The second-order valence-electron chi connectivity index (χ2n) is 4.87. The van der Waals surface area contributed by atoms with Crippen molar-refractivity contribution in [2.75, 3.05) is 38.3 Å². The summed E-state index contributed by atoms with van der Waals surface area (Å²) in [6.07, 6.45) is -0.0710. The third kappa shape index (κ3) is 5.46. The van der Waals surface area contributed by atoms with Crippen molar-refractivity contribution in [1.82, 2.24) is 4.90 Å². The maximum absolute atomic E-state index is 11.9. The van der Waals surface area contributed by atoms with E-state index >= 15 is 0 Å². The van der Waals surface area contributed by atoms with E-state index in [-0.39, 0.29) is 5.91 Å². The molecule has 0 saturated carbocycles. The van der Waals surface area contributed by atoms with Gasteiger partial charge in [0.25, 0.3) is 0 Å². The molecule has 20 heavy (non-hydrogen) atoms. The Labute approximate surface area is 119 Å². The average Bonchev–Trinajstić information content (AvgIpc) is 2.36. The summed E-state index contributed by atoms with van der Waals surface area (Å²) in [6, 6.07) is 5.09. The van der Waals surface area contributed by atoms with Gasteiger partial charge in [-0.25, -0.2) is 0 Å². The van der Waals surface area contributed by atoms with Gasteiger partial charge in [-0.3, -0.25) is 4.79 Å². The Morgan fingerprint density at radius 3 is 2.85 bits per heavy atom. The van der Waals surface area contributed by atoms with Crippen LogP contribution >= 0.6 is 0 Å². The van der Waals surface area contributed by atoms with Crippen molar-refractivity contribution in [1.29, 1.82) is 0 Å². The highest BCUT2D eigenvalue weighted by Crippen LogP contribution is 2.26. The molecule has 0 aliphatic heterocycles. The van der Waals surface area contributed by atoms with Crippen LogP contribution in [0.25, 0.3) is 0 Å². The van der Waals surface area contributed by atoms with Crippen LogP contribution in [0.1, 0.15) is 13.3 Å². The number of amides is 1. The second-order valence-corrected chi connectivity index (χ2v) is 4.87. The molecule has 112 valence electrons. The lowest BCUT2D eigenvalue weighted by Crippen LogP contribution is -2.30. The molecule has 6 nitrogen and oxygen atoms in total. The van der Waals surface area contributed by atoms with E-state index in [4.69, 9.17) is 10.5 Å². The number of hydrogen-bond donors (Lipinski definition) is 3. The summed E-state index contributed by atoms with van der Waals surface area (Å²) >= 11 is 0. The predicted octanol–water partition coefficient (Wildman–Crippen LogP) is 0.919. The van der Waals surface area contributed by atoms with Crippen molar-refractivity contribution in [3.63, 3.8) is 0 Å². The maximum Gasteiger partial charge on any atom is 0.225 e. The number of anilines is 2. The molecule has 1 atom stereocenters. The number of carbonyl (C=O) groups is 1. The molecule has 0 fully saturated rings. The van der Waals surface area contributed by atoms with Gasteiger partial charge in [-0.2, -0.15) is 0 Å². The molecule has 1 unspecified atom stereocenters. The lowest BCUT2D eigenvalue weighted by molar-refractivity contribution is -0.116. The van der Waals surface area contributed by atoms with E-state index in [9.17, 15) is 9.90 Å². The molecule has 0 saturated heterocycles. The summed E-state index contributed by atoms with van der Waals surface area (Å²) in [7, 11) is 3.40. The number of nitrogen functional groups attached to an aromatic ring is 1. The molecule has 1 amide bonds. The third-order valence-corrected chi connectivity index (χ3v) is 2.79. The van der Waals surface area contributed by atoms with E-state index in [1.165, 1.54) is 7.11 Å². The zero-order chi connectivity index (χ0) is 15.1. The fourth-order valence-corrected chi connectivity index (χ4v) is 1.87. The van der Waals surface area contributed by atoms with E-state index < -0.39 is 6.10 Å². The quantitative estimate of drug-likeness (QED) is 0.647. The van der Waals surface area contributed by atoms with Crippen molar-refractivity contribution in [2.45, 2.75) is 19.4 Å². The first-order valence-corrected chi connectivity index (χ1v) is 6.52. The monoisotopic (exact) mass is 281 g/mol. The number of nitrogens with one attached hydrogen (secondary N) is 1. The lowest BCUT2D eigenvalue weighted by atomic mass is 10.2. The number of carbonyl (C=O) groups excluding carboxylic acids is 1. The van der Waals surface area contributed by atoms with Gasteiger partial charge in [-0.05, 0) is 32.2 Å². The molecule has 0 aliphatic carbocycles. The van der Waals surface area contributed by atoms with Crippen molar-refractivity contribution < 1.29 is 14.6 Å². The molecule has 0 aliphatic rings. The normalized spacial score (nSPS) is 12.2. The Bertz CT molecular complexity index is 449. The fraction of sp³-hybridized carbons (Fsp3) is 0.500. The number of rotatable bonds is 7. The number of ether oxygens (including phenoxy) is 1. The van der Waals surface area contributed by atoms with Crippen LogP contribution in [0.4, 0.5) is 11.4 Å². The number of nitrogens with zero attached hydrogens (tertiary/aromatic N) is 1. The van der Waals surface area contributed by atoms with Crippen LogP contribution in [0, 0.1) is 0 Å². The van der Waals surface area contributed by atoms with Crippen LogP contribution in [-0.2, 0) is 4.79 Å². The standard InChI is InChI=1S/C14H23N3O3/c1-10(18)9-17(2)7-6-14(19)16-12-8-11(15)4-5-13(12)20-3/h4-5,8,10,18H,6-7,9,15H2,1-3H3,(H,16,19). The summed E-state index contributed by atoms with van der Waals surface area (Å²) < 4.78 is 5.17. The molecule has 0 aromatic heterocycles. The molecule has 1 aromatic rings. The lowest BCUT2D eigenvalue weighted by Gasteiger charge is -2.18. The fourth-order valence-electron chi connectivity index (χ4n) is 1.87. The molecular weight excluding hydrogens is 258 g/mol. The highest BCUT2D eigenvalue weighted by atomic mass is 16.5. The second kappa shape index (κ2) is 7.72. The Balaban J connectivity index is 2.52. The highest BCUT2D eigenvalue weighted by molar-refractivity contribution is 5.93. The molecular formula is C14H23N3O3. The van der Waals surface area contributed by atoms with Crippen LogP contribution < -0.4 is 15.8 Å². The number of aliphatic hydroxyl groups excluding tert-OH is 1. The first-order valence-electron chi connectivity index (χ1n) is 6.52. The number of methoxy groups -OCH3 is 1. The van der Waals surface area contributed by atoms with Gasteiger partial charge in [-0.1, -0.05) is 0 Å². The topological polar surface area (TPSA) is 87.8 Å². The van der Waals surface area contributed by atoms with E-state index in [2.05, 4.69) is 5.32 Å². The highest BCUT2D eigenvalue weighted by Gasteiger charge is 2.10. The van der Waals surface area contributed by atoms with Crippen LogP contribution in [0.5, 0.6) is 5.75 Å².